The highest BCUT2D eigenvalue weighted by Crippen LogP contribution is 2.28. The van der Waals surface area contributed by atoms with E-state index < -0.39 is 0 Å². The summed E-state index contributed by atoms with van der Waals surface area (Å²) in [7, 11) is 1.69. The minimum absolute atomic E-state index is 0.577. The number of hydrogen-bond acceptors (Lipinski definition) is 2. The largest absolute Gasteiger partial charge is 0.497 e. The first-order valence-electron chi connectivity index (χ1n) is 7.97. The van der Waals surface area contributed by atoms with Crippen LogP contribution in [0.25, 0.3) is 0 Å². The molecule has 1 aliphatic carbocycles. The summed E-state index contributed by atoms with van der Waals surface area (Å²) < 4.78 is 5.22. The highest BCUT2D eigenvalue weighted by atomic mass is 32.1. The summed E-state index contributed by atoms with van der Waals surface area (Å²) in [6.07, 6.45) is 2.45. The number of nitrogens with one attached hydrogen (secondary N) is 1. The van der Waals surface area contributed by atoms with Gasteiger partial charge in [-0.3, -0.25) is 0 Å². The smallest absolute Gasteiger partial charge is 0.169 e. The second-order valence-corrected chi connectivity index (χ2v) is 6.24. The number of rotatable bonds is 6. The summed E-state index contributed by atoms with van der Waals surface area (Å²) in [4.78, 5) is 2.31. The van der Waals surface area contributed by atoms with E-state index in [0.29, 0.717) is 6.04 Å². The van der Waals surface area contributed by atoms with Crippen molar-refractivity contribution in [2.75, 3.05) is 7.11 Å². The van der Waals surface area contributed by atoms with Crippen molar-refractivity contribution in [1.82, 2.24) is 10.2 Å². The molecule has 1 N–H and O–H groups in total. The molecule has 0 spiro atoms. The number of nitrogens with zero attached hydrogens (tertiary/aromatic N) is 1. The Hall–Kier alpha value is -2.07. The van der Waals surface area contributed by atoms with Crippen LogP contribution in [0.15, 0.2) is 54.6 Å². The Morgan fingerprint density at radius 2 is 1.78 bits per heavy atom. The highest BCUT2D eigenvalue weighted by Gasteiger charge is 2.30. The first kappa shape index (κ1) is 15.8. The third-order valence-corrected chi connectivity index (χ3v) is 4.43. The van der Waals surface area contributed by atoms with Crippen LogP contribution in [0.5, 0.6) is 5.75 Å². The third-order valence-electron chi connectivity index (χ3n) is 4.05. The van der Waals surface area contributed by atoms with Crippen LogP contribution in [0.2, 0.25) is 0 Å². The topological polar surface area (TPSA) is 24.5 Å². The van der Waals surface area contributed by atoms with E-state index in [1.165, 1.54) is 24.0 Å². The molecule has 2 aromatic rings. The van der Waals surface area contributed by atoms with Crippen LogP contribution in [0.4, 0.5) is 0 Å². The number of benzene rings is 2. The summed E-state index contributed by atoms with van der Waals surface area (Å²) in [5.41, 5.74) is 2.50. The number of hydrogen-bond donors (Lipinski definition) is 1. The van der Waals surface area contributed by atoms with E-state index >= 15 is 0 Å². The molecule has 0 atom stereocenters. The molecule has 0 radical (unpaired) electrons. The molecule has 0 aliphatic heterocycles. The van der Waals surface area contributed by atoms with Crippen LogP contribution in [0, 0.1) is 0 Å². The predicted molar refractivity (Wildman–Crippen MR) is 97.4 cm³/mol. The summed E-state index contributed by atoms with van der Waals surface area (Å²) in [5.74, 6) is 0.886. The fourth-order valence-electron chi connectivity index (χ4n) is 2.56. The average Bonchev–Trinajstić information content (AvgIpc) is 3.44. The molecule has 0 aromatic heterocycles. The van der Waals surface area contributed by atoms with E-state index in [4.69, 9.17) is 17.0 Å². The Kier molecular flexibility index (Phi) is 5.13. The van der Waals surface area contributed by atoms with Gasteiger partial charge >= 0.3 is 0 Å². The van der Waals surface area contributed by atoms with Gasteiger partial charge < -0.3 is 15.0 Å². The van der Waals surface area contributed by atoms with Crippen molar-refractivity contribution < 1.29 is 4.74 Å². The molecule has 3 nitrogen and oxygen atoms in total. The molecule has 1 fully saturated rings. The molecule has 4 heteroatoms. The van der Waals surface area contributed by atoms with Crippen molar-refractivity contribution in [2.45, 2.75) is 32.0 Å². The molecule has 0 heterocycles. The second-order valence-electron chi connectivity index (χ2n) is 5.85. The number of thiocarbonyl (C=S) groups is 1. The lowest BCUT2D eigenvalue weighted by molar-refractivity contribution is 0.394. The van der Waals surface area contributed by atoms with E-state index in [-0.39, 0.29) is 0 Å². The van der Waals surface area contributed by atoms with Crippen LogP contribution in [0.3, 0.4) is 0 Å². The second kappa shape index (κ2) is 7.47. The van der Waals surface area contributed by atoms with Gasteiger partial charge in [-0.05, 0) is 48.3 Å². The quantitative estimate of drug-likeness (QED) is 0.818. The molecule has 1 aliphatic rings. The van der Waals surface area contributed by atoms with Gasteiger partial charge in [0.25, 0.3) is 0 Å². The Labute approximate surface area is 143 Å². The van der Waals surface area contributed by atoms with Crippen LogP contribution in [-0.4, -0.2) is 23.2 Å². The maximum atomic E-state index is 5.63. The highest BCUT2D eigenvalue weighted by molar-refractivity contribution is 7.80. The molecule has 3 rings (SSSR count). The zero-order valence-electron chi connectivity index (χ0n) is 13.4. The Morgan fingerprint density at radius 1 is 1.09 bits per heavy atom. The zero-order valence-corrected chi connectivity index (χ0v) is 14.2. The van der Waals surface area contributed by atoms with Gasteiger partial charge in [0.05, 0.1) is 7.11 Å². The van der Waals surface area contributed by atoms with E-state index in [2.05, 4.69) is 46.6 Å². The van der Waals surface area contributed by atoms with E-state index in [1.807, 2.05) is 18.2 Å². The van der Waals surface area contributed by atoms with Crippen LogP contribution in [0.1, 0.15) is 24.0 Å². The predicted octanol–water partition coefficient (Wildman–Crippen LogP) is 3.73. The van der Waals surface area contributed by atoms with Gasteiger partial charge in [-0.15, -0.1) is 0 Å². The summed E-state index contributed by atoms with van der Waals surface area (Å²) in [5, 5.41) is 4.24. The SMILES string of the molecule is COc1ccc(CN(C(=S)NCc2ccccc2)C2CC2)cc1. The summed E-state index contributed by atoms with van der Waals surface area (Å²) in [6.45, 7) is 1.61. The molecule has 23 heavy (non-hydrogen) atoms. The minimum atomic E-state index is 0.577. The van der Waals surface area contributed by atoms with Gasteiger partial charge in [-0.25, -0.2) is 0 Å². The van der Waals surface area contributed by atoms with Gasteiger partial charge in [-0.2, -0.15) is 0 Å². The fourth-order valence-corrected chi connectivity index (χ4v) is 2.84. The molecule has 120 valence electrons. The zero-order chi connectivity index (χ0) is 16.1. The van der Waals surface area contributed by atoms with Gasteiger partial charge in [0, 0.05) is 19.1 Å². The van der Waals surface area contributed by atoms with Crippen LogP contribution in [-0.2, 0) is 13.1 Å². The van der Waals surface area contributed by atoms with E-state index in [0.717, 1.165) is 24.0 Å². The van der Waals surface area contributed by atoms with Gasteiger partial charge in [0.15, 0.2) is 5.11 Å². The first-order valence-corrected chi connectivity index (χ1v) is 8.38. The fraction of sp³-hybridized carbons (Fsp3) is 0.316. The van der Waals surface area contributed by atoms with Gasteiger partial charge in [0.2, 0.25) is 0 Å². The van der Waals surface area contributed by atoms with Crippen molar-refractivity contribution in [3.8, 4) is 5.75 Å². The molecule has 1 saturated carbocycles. The number of methoxy groups -OCH3 is 1. The lowest BCUT2D eigenvalue weighted by Crippen LogP contribution is -2.40. The molecule has 0 bridgehead atoms. The Morgan fingerprint density at radius 3 is 2.39 bits per heavy atom. The van der Waals surface area contributed by atoms with Gasteiger partial charge in [0.1, 0.15) is 5.75 Å². The maximum Gasteiger partial charge on any atom is 0.169 e. The normalized spacial score (nSPS) is 13.4. The maximum absolute atomic E-state index is 5.63. The first-order chi connectivity index (χ1) is 11.3. The lowest BCUT2D eigenvalue weighted by Gasteiger charge is -2.26. The lowest BCUT2D eigenvalue weighted by atomic mass is 10.2. The van der Waals surface area contributed by atoms with Crippen molar-refractivity contribution in [2.24, 2.45) is 0 Å². The van der Waals surface area contributed by atoms with Crippen molar-refractivity contribution in [3.05, 3.63) is 65.7 Å². The van der Waals surface area contributed by atoms with Gasteiger partial charge in [-0.1, -0.05) is 42.5 Å². The molecule has 2 aromatic carbocycles. The molecular formula is C19H22N2OS. The van der Waals surface area contributed by atoms with E-state index in [1.54, 1.807) is 7.11 Å². The molecule has 0 saturated heterocycles. The third kappa shape index (κ3) is 4.45. The monoisotopic (exact) mass is 326 g/mol. The van der Waals surface area contributed by atoms with Crippen molar-refractivity contribution in [3.63, 3.8) is 0 Å². The minimum Gasteiger partial charge on any atom is -0.497 e. The van der Waals surface area contributed by atoms with Crippen LogP contribution < -0.4 is 10.1 Å². The molecular weight excluding hydrogens is 304 g/mol. The number of ether oxygens (including phenoxy) is 1. The standard InChI is InChI=1S/C19H22N2OS/c1-22-18-11-7-16(8-12-18)14-21(17-9-10-17)19(23)20-13-15-5-3-2-4-6-15/h2-8,11-12,17H,9-10,13-14H2,1H3,(H,20,23). The van der Waals surface area contributed by atoms with Crippen LogP contribution >= 0.6 is 12.2 Å². The average molecular weight is 326 g/mol. The van der Waals surface area contributed by atoms with Crippen molar-refractivity contribution >= 4 is 17.3 Å². The Bertz CT molecular complexity index is 638. The molecule has 0 unspecified atom stereocenters. The summed E-state index contributed by atoms with van der Waals surface area (Å²) >= 11 is 5.63. The van der Waals surface area contributed by atoms with E-state index in [9.17, 15) is 0 Å². The van der Waals surface area contributed by atoms with Crippen molar-refractivity contribution in [1.29, 1.82) is 0 Å². The molecule has 0 amide bonds. The Balaban J connectivity index is 1.60. The summed E-state index contributed by atoms with van der Waals surface area (Å²) in [6, 6.07) is 19.1.